The zero-order valence-electron chi connectivity index (χ0n) is 15.8. The minimum absolute atomic E-state index is 0.796. The highest BCUT2D eigenvalue weighted by Crippen LogP contribution is 2.21. The van der Waals surface area contributed by atoms with Crippen LogP contribution in [0.2, 0.25) is 0 Å². The normalized spacial score (nSPS) is 11.0. The maximum Gasteiger partial charge on any atom is 0.282 e. The number of ether oxygens (including phenoxy) is 3. The maximum atomic E-state index is 5.24. The predicted octanol–water partition coefficient (Wildman–Crippen LogP) is 5.72. The van der Waals surface area contributed by atoms with Crippen LogP contribution in [-0.4, -0.2) is 27.3 Å². The summed E-state index contributed by atoms with van der Waals surface area (Å²) in [5.41, 5.74) is 1.32. The summed E-state index contributed by atoms with van der Waals surface area (Å²) in [6.07, 6.45) is 9.77. The van der Waals surface area contributed by atoms with Crippen molar-refractivity contribution in [1.29, 1.82) is 0 Å². The van der Waals surface area contributed by atoms with Crippen molar-refractivity contribution < 1.29 is 14.2 Å². The Kier molecular flexibility index (Phi) is 14.1. The average Bonchev–Trinajstić information content (AvgIpc) is 2.59. The molecule has 0 saturated carbocycles. The third-order valence-corrected chi connectivity index (χ3v) is 3.96. The Bertz CT molecular complexity index is 339. The lowest BCUT2D eigenvalue weighted by molar-refractivity contribution is -0.355. The van der Waals surface area contributed by atoms with E-state index in [1.807, 2.05) is 18.2 Å². The summed E-state index contributed by atoms with van der Waals surface area (Å²) in [6.45, 7) is 4.32. The molecule has 0 unspecified atom stereocenters. The minimum atomic E-state index is -0.830. The quantitative estimate of drug-likeness (QED) is 0.385. The largest absolute Gasteiger partial charge is 0.331 e. The van der Waals surface area contributed by atoms with Gasteiger partial charge >= 0.3 is 0 Å². The Morgan fingerprint density at radius 1 is 0.739 bits per heavy atom. The van der Waals surface area contributed by atoms with Gasteiger partial charge in [-0.25, -0.2) is 0 Å². The van der Waals surface area contributed by atoms with Gasteiger partial charge in [0.2, 0.25) is 0 Å². The fourth-order valence-electron chi connectivity index (χ4n) is 2.39. The smallest absolute Gasteiger partial charge is 0.282 e. The molecule has 0 atom stereocenters. The van der Waals surface area contributed by atoms with Gasteiger partial charge in [-0.15, -0.1) is 0 Å². The third kappa shape index (κ3) is 11.3. The molecule has 0 radical (unpaired) electrons. The SMILES string of the molecule is CCCCCCCCCC(OC)(OC)OC.Cc1ccccc1. The maximum absolute atomic E-state index is 5.24. The van der Waals surface area contributed by atoms with Gasteiger partial charge in [-0.05, 0) is 13.3 Å². The van der Waals surface area contributed by atoms with Crippen LogP contribution < -0.4 is 0 Å². The molecule has 1 rings (SSSR count). The van der Waals surface area contributed by atoms with Crippen LogP contribution in [-0.2, 0) is 14.2 Å². The molecular weight excluding hydrogens is 288 g/mol. The zero-order chi connectivity index (χ0) is 17.4. The van der Waals surface area contributed by atoms with E-state index in [9.17, 15) is 0 Å². The Balaban J connectivity index is 0.000000568. The number of hydrogen-bond acceptors (Lipinski definition) is 3. The van der Waals surface area contributed by atoms with Gasteiger partial charge in [0.1, 0.15) is 0 Å². The molecule has 1 aromatic rings. The monoisotopic (exact) mass is 324 g/mol. The van der Waals surface area contributed by atoms with E-state index in [2.05, 4.69) is 26.0 Å². The summed E-state index contributed by atoms with van der Waals surface area (Å²) in [5, 5.41) is 0. The second kappa shape index (κ2) is 14.7. The Labute approximate surface area is 143 Å². The van der Waals surface area contributed by atoms with E-state index in [4.69, 9.17) is 14.2 Å². The number of methoxy groups -OCH3 is 3. The molecule has 0 heterocycles. The van der Waals surface area contributed by atoms with Gasteiger partial charge in [0.15, 0.2) is 0 Å². The van der Waals surface area contributed by atoms with Crippen LogP contribution in [0.25, 0.3) is 0 Å². The van der Waals surface area contributed by atoms with Crippen LogP contribution in [0.4, 0.5) is 0 Å². The highest BCUT2D eigenvalue weighted by Gasteiger charge is 2.28. The van der Waals surface area contributed by atoms with E-state index in [0.717, 1.165) is 12.8 Å². The van der Waals surface area contributed by atoms with Gasteiger partial charge in [0.25, 0.3) is 5.97 Å². The molecular formula is C20H36O3. The van der Waals surface area contributed by atoms with Crippen LogP contribution in [0, 0.1) is 6.92 Å². The third-order valence-electron chi connectivity index (χ3n) is 3.96. The van der Waals surface area contributed by atoms with E-state index in [0.29, 0.717) is 0 Å². The van der Waals surface area contributed by atoms with Crippen molar-refractivity contribution >= 4 is 0 Å². The Morgan fingerprint density at radius 2 is 1.22 bits per heavy atom. The lowest BCUT2D eigenvalue weighted by Crippen LogP contribution is -2.35. The van der Waals surface area contributed by atoms with Gasteiger partial charge in [0, 0.05) is 27.8 Å². The van der Waals surface area contributed by atoms with Crippen molar-refractivity contribution in [3.05, 3.63) is 35.9 Å². The average molecular weight is 325 g/mol. The molecule has 0 amide bonds. The standard InChI is InChI=1S/C13H28O3.C7H8/c1-5-6-7-8-9-10-11-12-13(14-2,15-3)16-4;1-7-5-3-2-4-6-7/h5-12H2,1-4H3;2-6H,1H3. The number of unbranched alkanes of at least 4 members (excludes halogenated alkanes) is 6. The first-order chi connectivity index (χ1) is 11.1. The van der Waals surface area contributed by atoms with Gasteiger partial charge in [-0.1, -0.05) is 81.3 Å². The van der Waals surface area contributed by atoms with E-state index >= 15 is 0 Å². The van der Waals surface area contributed by atoms with Crippen LogP contribution in [0.1, 0.15) is 63.9 Å². The Hall–Kier alpha value is -0.900. The molecule has 0 aliphatic carbocycles. The molecule has 0 aliphatic rings. The molecule has 0 spiro atoms. The molecule has 0 aliphatic heterocycles. The molecule has 1 aromatic carbocycles. The predicted molar refractivity (Wildman–Crippen MR) is 97.5 cm³/mol. The summed E-state index contributed by atoms with van der Waals surface area (Å²) in [4.78, 5) is 0. The lowest BCUT2D eigenvalue weighted by Gasteiger charge is -2.28. The fourth-order valence-corrected chi connectivity index (χ4v) is 2.39. The topological polar surface area (TPSA) is 27.7 Å². The van der Waals surface area contributed by atoms with Gasteiger partial charge in [-0.2, -0.15) is 0 Å². The van der Waals surface area contributed by atoms with Gasteiger partial charge < -0.3 is 14.2 Å². The molecule has 0 aromatic heterocycles. The second-order valence-corrected chi connectivity index (χ2v) is 5.82. The van der Waals surface area contributed by atoms with Crippen LogP contribution in [0.15, 0.2) is 30.3 Å². The van der Waals surface area contributed by atoms with Crippen molar-refractivity contribution in [2.24, 2.45) is 0 Å². The molecule has 0 N–H and O–H groups in total. The lowest BCUT2D eigenvalue weighted by atomic mass is 10.1. The molecule has 0 fully saturated rings. The number of benzene rings is 1. The minimum Gasteiger partial charge on any atom is -0.331 e. The summed E-state index contributed by atoms with van der Waals surface area (Å²) >= 11 is 0. The van der Waals surface area contributed by atoms with Gasteiger partial charge in [-0.3, -0.25) is 0 Å². The summed E-state index contributed by atoms with van der Waals surface area (Å²) < 4.78 is 15.7. The zero-order valence-corrected chi connectivity index (χ0v) is 15.8. The molecule has 3 nitrogen and oxygen atoms in total. The highest BCUT2D eigenvalue weighted by atomic mass is 16.9. The van der Waals surface area contributed by atoms with Crippen molar-refractivity contribution in [2.75, 3.05) is 21.3 Å². The molecule has 0 bridgehead atoms. The molecule has 3 heteroatoms. The van der Waals surface area contributed by atoms with E-state index < -0.39 is 5.97 Å². The fraction of sp³-hybridized carbons (Fsp3) is 0.700. The van der Waals surface area contributed by atoms with E-state index in [1.165, 1.54) is 44.1 Å². The molecule has 134 valence electrons. The Morgan fingerprint density at radius 3 is 1.61 bits per heavy atom. The van der Waals surface area contributed by atoms with Crippen molar-refractivity contribution in [3.63, 3.8) is 0 Å². The molecule has 23 heavy (non-hydrogen) atoms. The van der Waals surface area contributed by atoms with Crippen LogP contribution >= 0.6 is 0 Å². The van der Waals surface area contributed by atoms with Crippen molar-refractivity contribution in [2.45, 2.75) is 71.2 Å². The van der Waals surface area contributed by atoms with Crippen molar-refractivity contribution in [1.82, 2.24) is 0 Å². The highest BCUT2D eigenvalue weighted by molar-refractivity contribution is 5.11. The first kappa shape index (κ1) is 22.1. The van der Waals surface area contributed by atoms with Gasteiger partial charge in [0.05, 0.1) is 0 Å². The number of aryl methyl sites for hydroxylation is 1. The summed E-state index contributed by atoms with van der Waals surface area (Å²) in [7, 11) is 4.86. The molecule has 0 saturated heterocycles. The second-order valence-electron chi connectivity index (χ2n) is 5.82. The first-order valence-electron chi connectivity index (χ1n) is 8.81. The van der Waals surface area contributed by atoms with Crippen LogP contribution in [0.3, 0.4) is 0 Å². The summed E-state index contributed by atoms with van der Waals surface area (Å²) in [5.74, 6) is -0.830. The first-order valence-corrected chi connectivity index (χ1v) is 8.81. The summed E-state index contributed by atoms with van der Waals surface area (Å²) in [6, 6.07) is 10.3. The van der Waals surface area contributed by atoms with Crippen molar-refractivity contribution in [3.8, 4) is 0 Å². The number of rotatable bonds is 11. The van der Waals surface area contributed by atoms with E-state index in [-0.39, 0.29) is 0 Å². The van der Waals surface area contributed by atoms with Crippen LogP contribution in [0.5, 0.6) is 0 Å². The number of hydrogen-bond donors (Lipinski definition) is 0. The van der Waals surface area contributed by atoms with E-state index in [1.54, 1.807) is 21.3 Å².